The van der Waals surface area contributed by atoms with Crippen LogP contribution in [0.2, 0.25) is 0 Å². The van der Waals surface area contributed by atoms with Crippen molar-refractivity contribution in [2.24, 2.45) is 5.92 Å². The Morgan fingerprint density at radius 3 is 2.82 bits per heavy atom. The van der Waals surface area contributed by atoms with Gasteiger partial charge >= 0.3 is 0 Å². The topological polar surface area (TPSA) is 94.0 Å². The van der Waals surface area contributed by atoms with Crippen LogP contribution in [0.3, 0.4) is 0 Å². The van der Waals surface area contributed by atoms with Crippen LogP contribution in [0.25, 0.3) is 22.2 Å². The smallest absolute Gasteiger partial charge is 0.251 e. The van der Waals surface area contributed by atoms with Gasteiger partial charge in [0.15, 0.2) is 0 Å². The molecule has 1 saturated carbocycles. The quantitative estimate of drug-likeness (QED) is 0.396. The van der Waals surface area contributed by atoms with E-state index in [4.69, 9.17) is 4.74 Å². The molecule has 2 aromatic heterocycles. The lowest BCUT2D eigenvalue weighted by atomic mass is 10.1. The van der Waals surface area contributed by atoms with Crippen LogP contribution in [-0.4, -0.2) is 46.4 Å². The summed E-state index contributed by atoms with van der Waals surface area (Å²) < 4.78 is 7.59. The minimum Gasteiger partial charge on any atom is -0.496 e. The number of benzene rings is 2. The molecule has 0 saturated heterocycles. The number of carbonyl (C=O) groups is 1. The number of nitrogens with one attached hydrogen (secondary N) is 2. The minimum absolute atomic E-state index is 0.134. The van der Waals surface area contributed by atoms with E-state index in [0.29, 0.717) is 17.9 Å². The van der Waals surface area contributed by atoms with Gasteiger partial charge in [0, 0.05) is 42.7 Å². The van der Waals surface area contributed by atoms with E-state index >= 15 is 0 Å². The predicted octanol–water partition coefficient (Wildman–Crippen LogP) is 3.93. The molecule has 0 radical (unpaired) electrons. The van der Waals surface area contributed by atoms with Crippen molar-refractivity contribution in [2.75, 3.05) is 26.0 Å². The highest BCUT2D eigenvalue weighted by Gasteiger charge is 2.22. The third-order valence-electron chi connectivity index (χ3n) is 6.21. The van der Waals surface area contributed by atoms with Gasteiger partial charge in [0.1, 0.15) is 17.9 Å². The number of anilines is 1. The number of hydrogen-bond acceptors (Lipinski definition) is 6. The lowest BCUT2D eigenvalue weighted by Gasteiger charge is -2.12. The summed E-state index contributed by atoms with van der Waals surface area (Å²) in [6.07, 6.45) is 6.86. The summed E-state index contributed by atoms with van der Waals surface area (Å²) in [6.45, 7) is 1.67. The summed E-state index contributed by atoms with van der Waals surface area (Å²) in [6, 6.07) is 13.8. The van der Waals surface area contributed by atoms with Crippen LogP contribution in [0.15, 0.2) is 55.0 Å². The Kier molecular flexibility index (Phi) is 6.12. The molecule has 1 aliphatic carbocycles. The normalized spacial score (nSPS) is 13.1. The largest absolute Gasteiger partial charge is 0.496 e. The van der Waals surface area contributed by atoms with Gasteiger partial charge in [-0.3, -0.25) is 9.48 Å². The first-order valence-corrected chi connectivity index (χ1v) is 11.6. The van der Waals surface area contributed by atoms with Crippen LogP contribution >= 0.6 is 0 Å². The number of hydrogen-bond donors (Lipinski definition) is 2. The summed E-state index contributed by atoms with van der Waals surface area (Å²) >= 11 is 0. The lowest BCUT2D eigenvalue weighted by molar-refractivity contribution is 0.0962. The molecule has 8 nitrogen and oxygen atoms in total. The monoisotopic (exact) mass is 456 g/mol. The van der Waals surface area contributed by atoms with Crippen LogP contribution in [0.4, 0.5) is 5.82 Å². The standard InChI is InChI=1S/C26H28N6O2/c1-27-26(33)20-6-5-18(24(12-20)34-2)9-10-28-25-13-22(29-16-30-25)19-7-8-23-21(11-19)14-31-32(23)15-17-3-4-17/h5-8,11-14,16-17H,3-4,9-10,15H2,1-2H3,(H,27,33)(H,28,29,30). The highest BCUT2D eigenvalue weighted by molar-refractivity contribution is 5.94. The zero-order chi connectivity index (χ0) is 23.5. The van der Waals surface area contributed by atoms with Crippen LogP contribution < -0.4 is 15.4 Å². The molecular weight excluding hydrogens is 428 g/mol. The molecule has 0 unspecified atom stereocenters. The first-order valence-electron chi connectivity index (χ1n) is 11.6. The van der Waals surface area contributed by atoms with Crippen molar-refractivity contribution in [3.05, 3.63) is 66.1 Å². The molecule has 1 aliphatic rings. The van der Waals surface area contributed by atoms with Gasteiger partial charge in [0.2, 0.25) is 0 Å². The van der Waals surface area contributed by atoms with Gasteiger partial charge in [-0.25, -0.2) is 9.97 Å². The predicted molar refractivity (Wildman–Crippen MR) is 132 cm³/mol. The van der Waals surface area contributed by atoms with E-state index in [2.05, 4.69) is 48.6 Å². The molecule has 174 valence electrons. The highest BCUT2D eigenvalue weighted by atomic mass is 16.5. The van der Waals surface area contributed by atoms with Crippen molar-refractivity contribution in [3.8, 4) is 17.0 Å². The average molecular weight is 457 g/mol. The van der Waals surface area contributed by atoms with Gasteiger partial charge in [0.05, 0.1) is 24.5 Å². The first-order chi connectivity index (χ1) is 16.6. The highest BCUT2D eigenvalue weighted by Crippen LogP contribution is 2.32. The van der Waals surface area contributed by atoms with Crippen LogP contribution in [-0.2, 0) is 13.0 Å². The van der Waals surface area contributed by atoms with Crippen molar-refractivity contribution in [1.29, 1.82) is 0 Å². The number of carbonyl (C=O) groups excluding carboxylic acids is 1. The zero-order valence-electron chi connectivity index (χ0n) is 19.4. The molecule has 5 rings (SSSR count). The minimum atomic E-state index is -0.134. The van der Waals surface area contributed by atoms with Crippen molar-refractivity contribution < 1.29 is 9.53 Å². The Balaban J connectivity index is 1.26. The molecule has 2 N–H and O–H groups in total. The number of methoxy groups -OCH3 is 1. The molecular formula is C26H28N6O2. The summed E-state index contributed by atoms with van der Waals surface area (Å²) in [7, 11) is 3.23. The SMILES string of the molecule is CNC(=O)c1ccc(CCNc2cc(-c3ccc4c(cnn4CC4CC4)c3)ncn2)c(OC)c1. The fourth-order valence-corrected chi connectivity index (χ4v) is 4.11. The number of nitrogens with zero attached hydrogens (tertiary/aromatic N) is 4. The zero-order valence-corrected chi connectivity index (χ0v) is 19.4. The van der Waals surface area contributed by atoms with Gasteiger partial charge in [-0.05, 0) is 55.0 Å². The summed E-state index contributed by atoms with van der Waals surface area (Å²) in [5.74, 6) is 2.11. The van der Waals surface area contributed by atoms with Crippen LogP contribution in [0, 0.1) is 5.92 Å². The molecule has 0 atom stereocenters. The Labute approximate surface area is 198 Å². The summed E-state index contributed by atoms with van der Waals surface area (Å²) in [4.78, 5) is 20.7. The van der Waals surface area contributed by atoms with Crippen molar-refractivity contribution >= 4 is 22.6 Å². The molecule has 0 aliphatic heterocycles. The molecule has 34 heavy (non-hydrogen) atoms. The van der Waals surface area contributed by atoms with Crippen LogP contribution in [0.1, 0.15) is 28.8 Å². The third kappa shape index (κ3) is 4.71. The number of amides is 1. The molecule has 0 spiro atoms. The second-order valence-corrected chi connectivity index (χ2v) is 8.61. The maximum absolute atomic E-state index is 11.9. The van der Waals surface area contributed by atoms with Gasteiger partial charge in [-0.1, -0.05) is 12.1 Å². The lowest BCUT2D eigenvalue weighted by Crippen LogP contribution is -2.18. The van der Waals surface area contributed by atoms with Crippen LogP contribution in [0.5, 0.6) is 5.75 Å². The first kappa shape index (κ1) is 21.9. The summed E-state index contributed by atoms with van der Waals surface area (Å²) in [5.41, 5.74) is 4.66. The van der Waals surface area contributed by atoms with Crippen molar-refractivity contribution in [1.82, 2.24) is 25.1 Å². The molecule has 1 amide bonds. The van der Waals surface area contributed by atoms with E-state index in [1.165, 1.54) is 18.4 Å². The van der Waals surface area contributed by atoms with E-state index in [1.54, 1.807) is 26.6 Å². The second-order valence-electron chi connectivity index (χ2n) is 8.61. The second kappa shape index (κ2) is 9.51. The maximum Gasteiger partial charge on any atom is 0.251 e. The third-order valence-corrected chi connectivity index (χ3v) is 6.21. The van der Waals surface area contributed by atoms with E-state index < -0.39 is 0 Å². The average Bonchev–Trinajstić information content (AvgIpc) is 3.61. The Morgan fingerprint density at radius 2 is 2.03 bits per heavy atom. The van der Waals surface area contributed by atoms with Crippen molar-refractivity contribution in [2.45, 2.75) is 25.8 Å². The Bertz CT molecular complexity index is 1330. The van der Waals surface area contributed by atoms with Gasteiger partial charge < -0.3 is 15.4 Å². The van der Waals surface area contributed by atoms with E-state index in [-0.39, 0.29) is 5.91 Å². The van der Waals surface area contributed by atoms with E-state index in [0.717, 1.165) is 46.9 Å². The molecule has 8 heteroatoms. The fourth-order valence-electron chi connectivity index (χ4n) is 4.11. The number of fused-ring (bicyclic) bond motifs is 1. The Hall–Kier alpha value is -3.94. The maximum atomic E-state index is 11.9. The summed E-state index contributed by atoms with van der Waals surface area (Å²) in [5, 5.41) is 11.7. The fraction of sp³-hybridized carbons (Fsp3) is 0.308. The molecule has 1 fully saturated rings. The Morgan fingerprint density at radius 1 is 1.15 bits per heavy atom. The van der Waals surface area contributed by atoms with E-state index in [1.807, 2.05) is 24.4 Å². The number of aromatic nitrogens is 4. The molecule has 2 aromatic carbocycles. The molecule has 4 aromatic rings. The number of ether oxygens (including phenoxy) is 1. The number of rotatable bonds is 9. The molecule has 2 heterocycles. The van der Waals surface area contributed by atoms with E-state index in [9.17, 15) is 4.79 Å². The van der Waals surface area contributed by atoms with Gasteiger partial charge in [0.25, 0.3) is 5.91 Å². The van der Waals surface area contributed by atoms with Gasteiger partial charge in [-0.2, -0.15) is 5.10 Å². The molecule has 0 bridgehead atoms. The van der Waals surface area contributed by atoms with Gasteiger partial charge in [-0.15, -0.1) is 0 Å². The van der Waals surface area contributed by atoms with Crippen molar-refractivity contribution in [3.63, 3.8) is 0 Å².